The first-order chi connectivity index (χ1) is 22.1. The zero-order chi connectivity index (χ0) is 34.6. The molecule has 0 aliphatic carbocycles. The second-order valence-electron chi connectivity index (χ2n) is 11.9. The van der Waals surface area contributed by atoms with E-state index in [4.69, 9.17) is 23.7 Å². The van der Waals surface area contributed by atoms with Crippen molar-refractivity contribution in [1.82, 2.24) is 0 Å². The van der Waals surface area contributed by atoms with Gasteiger partial charge in [-0.3, -0.25) is 19.2 Å². The number of carbonyl (C=O) groups excluding carboxylic acids is 5. The Bertz CT molecular complexity index is 1710. The minimum absolute atomic E-state index is 0.0148. The van der Waals surface area contributed by atoms with Gasteiger partial charge in [0.1, 0.15) is 40.2 Å². The highest BCUT2D eigenvalue weighted by Crippen LogP contribution is 2.51. The van der Waals surface area contributed by atoms with Gasteiger partial charge in [0.05, 0.1) is 39.9 Å². The number of methoxy groups -OCH3 is 2. The Balaban J connectivity index is 1.55. The van der Waals surface area contributed by atoms with Gasteiger partial charge in [0.25, 0.3) is 0 Å². The van der Waals surface area contributed by atoms with Crippen LogP contribution in [0, 0.1) is 11.8 Å². The van der Waals surface area contributed by atoms with E-state index >= 15 is 0 Å². The quantitative estimate of drug-likeness (QED) is 0.235. The first-order valence-electron chi connectivity index (χ1n) is 14.5. The summed E-state index contributed by atoms with van der Waals surface area (Å²) < 4.78 is 26.9. The molecule has 3 aliphatic rings. The Hall–Kier alpha value is -5.18. The molecule has 15 nitrogen and oxygen atoms in total. The number of rotatable bonds is 8. The van der Waals surface area contributed by atoms with Crippen LogP contribution in [0.4, 0.5) is 0 Å². The summed E-state index contributed by atoms with van der Waals surface area (Å²) in [6, 6.07) is 4.96. The van der Waals surface area contributed by atoms with Crippen molar-refractivity contribution in [3.05, 3.63) is 35.4 Å². The predicted octanol–water partition coefficient (Wildman–Crippen LogP) is 1.94. The number of ether oxygens (including phenoxy) is 5. The summed E-state index contributed by atoms with van der Waals surface area (Å²) in [7, 11) is 2.09. The van der Waals surface area contributed by atoms with Crippen LogP contribution in [0.15, 0.2) is 24.3 Å². The van der Waals surface area contributed by atoms with Crippen molar-refractivity contribution in [3.63, 3.8) is 0 Å². The van der Waals surface area contributed by atoms with E-state index in [9.17, 15) is 49.2 Å². The maximum absolute atomic E-state index is 13.6. The minimum Gasteiger partial charge on any atom is -0.506 e. The van der Waals surface area contributed by atoms with Crippen LogP contribution in [0.25, 0.3) is 11.1 Å². The van der Waals surface area contributed by atoms with Gasteiger partial charge in [0.15, 0.2) is 17.7 Å². The number of ketones is 2. The summed E-state index contributed by atoms with van der Waals surface area (Å²) in [5, 5.41) is 42.8. The molecular weight excluding hydrogens is 624 g/mol. The number of aliphatic hydroxyl groups excluding tert-OH is 1. The third-order valence-corrected chi connectivity index (χ3v) is 8.86. The summed E-state index contributed by atoms with van der Waals surface area (Å²) in [6.45, 7) is 3.01. The Morgan fingerprint density at radius 2 is 1.43 bits per heavy atom. The number of cyclic esters (lactones) is 1. The summed E-state index contributed by atoms with van der Waals surface area (Å²) in [4.78, 5) is 76.2. The third kappa shape index (κ3) is 5.19. The van der Waals surface area contributed by atoms with Crippen LogP contribution < -0.4 is 9.47 Å². The second-order valence-corrected chi connectivity index (χ2v) is 11.9. The molecule has 4 N–H and O–H groups in total. The number of Topliss-reactive ketones (excluding diaryl/α,β-unsaturated/α-hetero) is 2. The number of carbonyl (C=O) groups is 6. The van der Waals surface area contributed by atoms with Crippen LogP contribution in [0.2, 0.25) is 0 Å². The van der Waals surface area contributed by atoms with E-state index in [1.807, 2.05) is 0 Å². The molecule has 0 spiro atoms. The van der Waals surface area contributed by atoms with E-state index in [1.54, 1.807) is 6.92 Å². The van der Waals surface area contributed by atoms with E-state index < -0.39 is 107 Å². The van der Waals surface area contributed by atoms with Crippen molar-refractivity contribution in [2.45, 2.75) is 62.9 Å². The topological polar surface area (TPSA) is 229 Å². The fraction of sp³-hybridized carbons (Fsp3) is 0.438. The average molecular weight is 657 g/mol. The molecule has 0 amide bonds. The van der Waals surface area contributed by atoms with Crippen molar-refractivity contribution in [3.8, 4) is 34.1 Å². The molecule has 3 aliphatic heterocycles. The van der Waals surface area contributed by atoms with Gasteiger partial charge in [-0.15, -0.1) is 0 Å². The Labute approximate surface area is 266 Å². The van der Waals surface area contributed by atoms with Crippen LogP contribution in [-0.2, 0) is 33.4 Å². The van der Waals surface area contributed by atoms with Gasteiger partial charge in [-0.2, -0.15) is 0 Å². The van der Waals surface area contributed by atoms with Gasteiger partial charge in [-0.05, 0) is 30.2 Å². The summed E-state index contributed by atoms with van der Waals surface area (Å²) in [5.74, 6) is -8.99. The highest BCUT2D eigenvalue weighted by atomic mass is 16.6. The lowest BCUT2D eigenvalue weighted by Gasteiger charge is -2.40. The number of carboxylic acid groups (broad SMARTS) is 1. The Kier molecular flexibility index (Phi) is 8.39. The number of carboxylic acids is 1. The lowest BCUT2D eigenvalue weighted by atomic mass is 9.78. The minimum atomic E-state index is -2.32. The third-order valence-electron chi connectivity index (χ3n) is 8.86. The highest BCUT2D eigenvalue weighted by molar-refractivity contribution is 6.10. The number of hydrogen-bond acceptors (Lipinski definition) is 14. The van der Waals surface area contributed by atoms with Gasteiger partial charge in [-0.1, -0.05) is 13.8 Å². The Morgan fingerprint density at radius 3 is 1.91 bits per heavy atom. The highest BCUT2D eigenvalue weighted by Gasteiger charge is 2.60. The maximum atomic E-state index is 13.6. The molecule has 0 radical (unpaired) electrons. The Morgan fingerprint density at radius 1 is 0.894 bits per heavy atom. The monoisotopic (exact) mass is 656 g/mol. The number of aromatic hydroxyl groups is 2. The van der Waals surface area contributed by atoms with E-state index in [0.717, 1.165) is 14.2 Å². The number of aliphatic carboxylic acids is 1. The molecule has 1 fully saturated rings. The molecule has 2 aromatic rings. The fourth-order valence-electron chi connectivity index (χ4n) is 6.62. The molecule has 2 aromatic carbocycles. The van der Waals surface area contributed by atoms with E-state index in [0.29, 0.717) is 0 Å². The summed E-state index contributed by atoms with van der Waals surface area (Å²) in [5.41, 5.74) is -5.31. The molecule has 0 aromatic heterocycles. The first-order valence-corrected chi connectivity index (χ1v) is 14.5. The number of aliphatic hydroxyl groups is 1. The van der Waals surface area contributed by atoms with Gasteiger partial charge >= 0.3 is 23.9 Å². The van der Waals surface area contributed by atoms with Crippen LogP contribution in [0.5, 0.6) is 23.0 Å². The fourth-order valence-corrected chi connectivity index (χ4v) is 6.62. The zero-order valence-corrected chi connectivity index (χ0v) is 25.7. The first kappa shape index (κ1) is 33.2. The lowest BCUT2D eigenvalue weighted by molar-refractivity contribution is -0.177. The summed E-state index contributed by atoms with van der Waals surface area (Å²) >= 11 is 0. The lowest BCUT2D eigenvalue weighted by Crippen LogP contribution is -2.60. The number of esters is 3. The van der Waals surface area contributed by atoms with Gasteiger partial charge in [0, 0.05) is 17.0 Å². The molecular formula is C32H32O15. The molecule has 0 bridgehead atoms. The smallest absolute Gasteiger partial charge is 0.354 e. The van der Waals surface area contributed by atoms with Gasteiger partial charge in [-0.25, -0.2) is 9.59 Å². The van der Waals surface area contributed by atoms with Crippen molar-refractivity contribution in [2.75, 3.05) is 14.2 Å². The zero-order valence-electron chi connectivity index (χ0n) is 25.7. The average Bonchev–Trinajstić information content (AvgIpc) is 3.37. The van der Waals surface area contributed by atoms with Gasteiger partial charge < -0.3 is 44.1 Å². The largest absolute Gasteiger partial charge is 0.506 e. The van der Waals surface area contributed by atoms with Crippen molar-refractivity contribution >= 4 is 35.4 Å². The predicted molar refractivity (Wildman–Crippen MR) is 155 cm³/mol. The molecule has 5 rings (SSSR count). The number of hydrogen-bond donors (Lipinski definition) is 4. The van der Waals surface area contributed by atoms with Crippen LogP contribution in [0.1, 0.15) is 60.2 Å². The van der Waals surface area contributed by atoms with Crippen LogP contribution in [0.3, 0.4) is 0 Å². The maximum Gasteiger partial charge on any atom is 0.354 e. The molecule has 15 heteroatoms. The SMILES string of the molecule is COC(=O)[C@]1([C@H]2OC(=O)C[C@@H]2C)CC(=O)c2c(ccc(-c3ccc4c(c3O)C(=O)C[C@@](C(=O)OC)([C@H](O)[C@@H](C)CC(=O)O)O4)c2O)O1. The van der Waals surface area contributed by atoms with Crippen molar-refractivity contribution in [2.24, 2.45) is 11.8 Å². The molecule has 47 heavy (non-hydrogen) atoms. The van der Waals surface area contributed by atoms with Crippen molar-refractivity contribution < 1.29 is 72.9 Å². The molecule has 1 saturated heterocycles. The number of phenols is 2. The van der Waals surface area contributed by atoms with E-state index in [1.165, 1.54) is 31.2 Å². The number of fused-ring (bicyclic) bond motifs is 2. The standard InChI is InChI=1S/C32H32O15/c1-13(9-21(35)36)27(40)31(29(41)43-3)11-17(33)23-19(46-31)7-5-15(25(23)38)16-6-8-20-24(26(16)39)18(34)12-32(47-20,30(42)44-4)28-14(2)10-22(37)45-28/h5-8,13-14,27-28,38-40H,9-12H2,1-4H3,(H,35,36)/t13-,14-,27+,28-,31-,32+/m0/s1. The molecule has 3 heterocycles. The molecule has 6 atom stereocenters. The molecule has 0 saturated carbocycles. The van der Waals surface area contributed by atoms with E-state index in [2.05, 4.69) is 0 Å². The number of phenolic OH excluding ortho intramolecular Hbond substituents is 2. The van der Waals surface area contributed by atoms with Crippen LogP contribution >= 0.6 is 0 Å². The number of benzene rings is 2. The van der Waals surface area contributed by atoms with Crippen LogP contribution in [-0.4, -0.2) is 93.5 Å². The normalized spacial score (nSPS) is 26.1. The molecule has 250 valence electrons. The summed E-state index contributed by atoms with van der Waals surface area (Å²) in [6.07, 6.45) is -4.99. The molecule has 0 unspecified atom stereocenters. The van der Waals surface area contributed by atoms with E-state index in [-0.39, 0.29) is 34.6 Å². The van der Waals surface area contributed by atoms with Gasteiger partial charge in [0.2, 0.25) is 11.2 Å². The second kappa shape index (κ2) is 11.9. The van der Waals surface area contributed by atoms with Crippen molar-refractivity contribution in [1.29, 1.82) is 0 Å².